The molecule has 0 saturated heterocycles. The number of hydrogen-bond donors (Lipinski definition) is 2. The zero-order valence-electron chi connectivity index (χ0n) is 9.16. The van der Waals surface area contributed by atoms with Crippen LogP contribution >= 0.6 is 11.3 Å². The molecule has 8 heteroatoms. The van der Waals surface area contributed by atoms with Gasteiger partial charge < -0.3 is 10.2 Å². The van der Waals surface area contributed by atoms with Crippen LogP contribution in [0.15, 0.2) is 15.7 Å². The van der Waals surface area contributed by atoms with Gasteiger partial charge in [-0.05, 0) is 6.07 Å². The lowest BCUT2D eigenvalue weighted by molar-refractivity contribution is 0.0697. The standard InChI is InChI=1S/C9H13NO5S2/c1-2-10(3-4-11)17(14,15)8-5-7(6-16-8)9(12)13/h5-6,11H,2-4H2,1H3,(H,12,13). The lowest BCUT2D eigenvalue weighted by atomic mass is 10.4. The van der Waals surface area contributed by atoms with Gasteiger partial charge in [-0.25, -0.2) is 13.2 Å². The van der Waals surface area contributed by atoms with Crippen LogP contribution in [0, 0.1) is 0 Å². The van der Waals surface area contributed by atoms with Crippen molar-refractivity contribution in [3.63, 3.8) is 0 Å². The van der Waals surface area contributed by atoms with Crippen molar-refractivity contribution < 1.29 is 23.4 Å². The lowest BCUT2D eigenvalue weighted by Gasteiger charge is -2.17. The molecule has 1 rings (SSSR count). The molecule has 0 bridgehead atoms. The molecule has 0 radical (unpaired) electrons. The zero-order valence-corrected chi connectivity index (χ0v) is 10.8. The molecule has 96 valence electrons. The second-order valence-corrected chi connectivity index (χ2v) is 6.26. The smallest absolute Gasteiger partial charge is 0.336 e. The van der Waals surface area contributed by atoms with Gasteiger partial charge in [0.25, 0.3) is 10.0 Å². The van der Waals surface area contributed by atoms with Gasteiger partial charge in [0.15, 0.2) is 0 Å². The molecule has 0 fully saturated rings. The Kier molecular flexibility index (Phi) is 4.63. The van der Waals surface area contributed by atoms with E-state index in [2.05, 4.69) is 0 Å². The van der Waals surface area contributed by atoms with Crippen molar-refractivity contribution in [1.29, 1.82) is 0 Å². The number of aliphatic hydroxyl groups is 1. The largest absolute Gasteiger partial charge is 0.478 e. The Morgan fingerprint density at radius 1 is 1.53 bits per heavy atom. The van der Waals surface area contributed by atoms with Crippen molar-refractivity contribution in [2.24, 2.45) is 0 Å². The van der Waals surface area contributed by atoms with Gasteiger partial charge in [0, 0.05) is 18.5 Å². The van der Waals surface area contributed by atoms with Gasteiger partial charge in [0.1, 0.15) is 4.21 Å². The Bertz CT molecular complexity index is 493. The molecule has 0 amide bonds. The number of hydrogen-bond acceptors (Lipinski definition) is 5. The number of aliphatic hydroxyl groups excluding tert-OH is 1. The van der Waals surface area contributed by atoms with Crippen LogP contribution in [0.3, 0.4) is 0 Å². The fourth-order valence-electron chi connectivity index (χ4n) is 1.25. The van der Waals surface area contributed by atoms with Crippen LogP contribution in [0.1, 0.15) is 17.3 Å². The molecule has 2 N–H and O–H groups in total. The molecule has 0 saturated carbocycles. The van der Waals surface area contributed by atoms with Crippen LogP contribution in [0.25, 0.3) is 0 Å². The molecule has 6 nitrogen and oxygen atoms in total. The van der Waals surface area contributed by atoms with E-state index in [0.29, 0.717) is 0 Å². The van der Waals surface area contributed by atoms with Gasteiger partial charge in [0.05, 0.1) is 12.2 Å². The van der Waals surface area contributed by atoms with Gasteiger partial charge in [-0.3, -0.25) is 0 Å². The first-order chi connectivity index (χ1) is 7.93. The third-order valence-electron chi connectivity index (χ3n) is 2.12. The van der Waals surface area contributed by atoms with E-state index in [9.17, 15) is 13.2 Å². The van der Waals surface area contributed by atoms with Crippen LogP contribution in [0.4, 0.5) is 0 Å². The van der Waals surface area contributed by atoms with Gasteiger partial charge in [0.2, 0.25) is 0 Å². The summed E-state index contributed by atoms with van der Waals surface area (Å²) in [6.45, 7) is 1.60. The van der Waals surface area contributed by atoms with E-state index in [1.165, 1.54) is 5.38 Å². The Hall–Kier alpha value is -0.960. The van der Waals surface area contributed by atoms with Crippen LogP contribution in [0.2, 0.25) is 0 Å². The fourth-order valence-corrected chi connectivity index (χ4v) is 4.00. The molecule has 0 aliphatic carbocycles. The first-order valence-corrected chi connectivity index (χ1v) is 7.18. The number of carbonyl (C=O) groups is 1. The highest BCUT2D eigenvalue weighted by Gasteiger charge is 2.25. The van der Waals surface area contributed by atoms with E-state index >= 15 is 0 Å². The van der Waals surface area contributed by atoms with Crippen molar-refractivity contribution >= 4 is 27.3 Å². The number of thiophene rings is 1. The van der Waals surface area contributed by atoms with Gasteiger partial charge >= 0.3 is 5.97 Å². The average Bonchev–Trinajstić information content (AvgIpc) is 2.75. The maximum Gasteiger partial charge on any atom is 0.336 e. The summed E-state index contributed by atoms with van der Waals surface area (Å²) >= 11 is 0.862. The lowest BCUT2D eigenvalue weighted by Crippen LogP contribution is -2.32. The molecule has 0 spiro atoms. The summed E-state index contributed by atoms with van der Waals surface area (Å²) in [5.74, 6) is -1.16. The first-order valence-electron chi connectivity index (χ1n) is 4.86. The maximum atomic E-state index is 12.0. The second-order valence-electron chi connectivity index (χ2n) is 3.18. The SMILES string of the molecule is CCN(CCO)S(=O)(=O)c1cc(C(=O)O)cs1. The van der Waals surface area contributed by atoms with E-state index in [1.807, 2.05) is 0 Å². The average molecular weight is 279 g/mol. The third-order valence-corrected chi connectivity index (χ3v) is 5.51. The minimum absolute atomic E-state index is 0.000855. The van der Waals surface area contributed by atoms with E-state index in [-0.39, 0.29) is 29.5 Å². The summed E-state index contributed by atoms with van der Waals surface area (Å²) < 4.78 is 25.1. The normalized spacial score (nSPS) is 11.9. The molecule has 17 heavy (non-hydrogen) atoms. The predicted octanol–water partition coefficient (Wildman–Crippen LogP) is 0.449. The summed E-state index contributed by atoms with van der Waals surface area (Å²) in [6.07, 6.45) is 0. The summed E-state index contributed by atoms with van der Waals surface area (Å²) in [5.41, 5.74) is -0.0476. The molecule has 1 aromatic rings. The maximum absolute atomic E-state index is 12.0. The summed E-state index contributed by atoms with van der Waals surface area (Å²) in [6, 6.07) is 1.13. The van der Waals surface area contributed by atoms with E-state index in [1.54, 1.807) is 6.92 Å². The highest BCUT2D eigenvalue weighted by atomic mass is 32.2. The minimum Gasteiger partial charge on any atom is -0.478 e. The Morgan fingerprint density at radius 3 is 2.59 bits per heavy atom. The zero-order chi connectivity index (χ0) is 13.1. The van der Waals surface area contributed by atoms with E-state index in [0.717, 1.165) is 21.7 Å². The summed E-state index contributed by atoms with van der Waals surface area (Å²) in [5, 5.41) is 18.8. The first kappa shape index (κ1) is 14.1. The molecular formula is C9H13NO5S2. The Balaban J connectivity index is 3.07. The molecule has 1 heterocycles. The fraction of sp³-hybridized carbons (Fsp3) is 0.444. The monoisotopic (exact) mass is 279 g/mol. The van der Waals surface area contributed by atoms with Crippen molar-refractivity contribution in [2.45, 2.75) is 11.1 Å². The Labute approximate surface area is 103 Å². The quantitative estimate of drug-likeness (QED) is 0.788. The van der Waals surface area contributed by atoms with Crippen LogP contribution in [-0.2, 0) is 10.0 Å². The topological polar surface area (TPSA) is 94.9 Å². The van der Waals surface area contributed by atoms with E-state index < -0.39 is 16.0 Å². The highest BCUT2D eigenvalue weighted by molar-refractivity contribution is 7.91. The number of sulfonamides is 1. The molecular weight excluding hydrogens is 266 g/mol. The minimum atomic E-state index is -3.70. The summed E-state index contributed by atoms with van der Waals surface area (Å²) in [7, 11) is -3.70. The van der Waals surface area contributed by atoms with Crippen molar-refractivity contribution in [1.82, 2.24) is 4.31 Å². The molecule has 0 atom stereocenters. The van der Waals surface area contributed by atoms with Gasteiger partial charge in [-0.2, -0.15) is 4.31 Å². The highest BCUT2D eigenvalue weighted by Crippen LogP contribution is 2.23. The number of aromatic carboxylic acids is 1. The third kappa shape index (κ3) is 3.03. The van der Waals surface area contributed by atoms with Crippen molar-refractivity contribution in [3.8, 4) is 0 Å². The Morgan fingerprint density at radius 2 is 2.18 bits per heavy atom. The van der Waals surface area contributed by atoms with Gasteiger partial charge in [-0.15, -0.1) is 11.3 Å². The van der Waals surface area contributed by atoms with E-state index in [4.69, 9.17) is 10.2 Å². The van der Waals surface area contributed by atoms with Gasteiger partial charge in [-0.1, -0.05) is 6.92 Å². The number of carboxylic acids is 1. The van der Waals surface area contributed by atoms with Crippen LogP contribution < -0.4 is 0 Å². The summed E-state index contributed by atoms with van der Waals surface area (Å²) in [4.78, 5) is 10.7. The molecule has 0 unspecified atom stereocenters. The number of likely N-dealkylation sites (N-methyl/N-ethyl adjacent to an activating group) is 1. The number of rotatable bonds is 6. The van der Waals surface area contributed by atoms with Crippen molar-refractivity contribution in [2.75, 3.05) is 19.7 Å². The number of carboxylic acid groups (broad SMARTS) is 1. The predicted molar refractivity (Wildman–Crippen MR) is 62.8 cm³/mol. The second kappa shape index (κ2) is 5.58. The number of nitrogens with zero attached hydrogens (tertiary/aromatic N) is 1. The molecule has 0 aromatic carbocycles. The van der Waals surface area contributed by atoms with Crippen LogP contribution in [-0.4, -0.2) is 48.6 Å². The van der Waals surface area contributed by atoms with Crippen molar-refractivity contribution in [3.05, 3.63) is 17.0 Å². The molecule has 0 aliphatic heterocycles. The van der Waals surface area contributed by atoms with Crippen LogP contribution in [0.5, 0.6) is 0 Å². The molecule has 1 aromatic heterocycles. The molecule has 0 aliphatic rings.